The number of carboxylic acids is 1. The summed E-state index contributed by atoms with van der Waals surface area (Å²) in [6, 6.07) is 15.2. The first-order chi connectivity index (χ1) is 15.5. The van der Waals surface area contributed by atoms with Gasteiger partial charge < -0.3 is 24.8 Å². The van der Waals surface area contributed by atoms with Crippen molar-refractivity contribution < 1.29 is 29.0 Å². The van der Waals surface area contributed by atoms with Crippen LogP contribution in [0.25, 0.3) is 11.1 Å². The first kappa shape index (κ1) is 21.8. The van der Waals surface area contributed by atoms with E-state index in [1.165, 1.54) is 4.90 Å². The number of aliphatic carboxylic acids is 1. The quantitative estimate of drug-likeness (QED) is 0.743. The summed E-state index contributed by atoms with van der Waals surface area (Å²) in [5.41, 5.74) is 4.49. The van der Waals surface area contributed by atoms with E-state index < -0.39 is 24.0 Å². The van der Waals surface area contributed by atoms with E-state index in [4.69, 9.17) is 9.47 Å². The fraction of sp³-hybridized carbons (Fsp3) is 0.375. The van der Waals surface area contributed by atoms with Crippen LogP contribution in [0.1, 0.15) is 24.0 Å². The lowest BCUT2D eigenvalue weighted by Gasteiger charge is -2.25. The number of carbonyl (C=O) groups excluding carboxylic acids is 2. The Morgan fingerprint density at radius 1 is 1.12 bits per heavy atom. The molecule has 2 amide bonds. The number of nitrogens with zero attached hydrogens (tertiary/aromatic N) is 1. The van der Waals surface area contributed by atoms with Gasteiger partial charge in [-0.2, -0.15) is 0 Å². The Morgan fingerprint density at radius 2 is 1.75 bits per heavy atom. The molecule has 1 aliphatic heterocycles. The summed E-state index contributed by atoms with van der Waals surface area (Å²) in [6.45, 7) is 2.36. The molecule has 2 atom stereocenters. The minimum absolute atomic E-state index is 0.0465. The van der Waals surface area contributed by atoms with Crippen molar-refractivity contribution in [2.45, 2.75) is 18.9 Å². The van der Waals surface area contributed by atoms with Gasteiger partial charge in [-0.1, -0.05) is 48.5 Å². The molecule has 1 saturated heterocycles. The van der Waals surface area contributed by atoms with Crippen molar-refractivity contribution in [2.75, 3.05) is 32.9 Å². The largest absolute Gasteiger partial charge is 0.481 e. The topological polar surface area (TPSA) is 105 Å². The number of carboxylic acid groups (broad SMARTS) is 1. The van der Waals surface area contributed by atoms with Gasteiger partial charge in [-0.3, -0.25) is 9.59 Å². The Balaban J connectivity index is 1.36. The van der Waals surface area contributed by atoms with Crippen molar-refractivity contribution in [2.24, 2.45) is 5.92 Å². The fourth-order valence-corrected chi connectivity index (χ4v) is 4.31. The Labute approximate surface area is 186 Å². The lowest BCUT2D eigenvalue weighted by Crippen LogP contribution is -2.49. The van der Waals surface area contributed by atoms with Gasteiger partial charge in [0.25, 0.3) is 0 Å². The first-order valence-corrected chi connectivity index (χ1v) is 10.7. The van der Waals surface area contributed by atoms with Crippen molar-refractivity contribution >= 4 is 18.0 Å². The number of hydrogen-bond donors (Lipinski definition) is 2. The number of rotatable bonds is 5. The number of hydrogen-bond acceptors (Lipinski definition) is 5. The van der Waals surface area contributed by atoms with E-state index in [-0.39, 0.29) is 44.7 Å². The summed E-state index contributed by atoms with van der Waals surface area (Å²) in [4.78, 5) is 37.9. The average Bonchev–Trinajstić information content (AvgIpc) is 2.93. The molecule has 0 saturated carbocycles. The maximum absolute atomic E-state index is 12.7. The zero-order chi connectivity index (χ0) is 22.7. The number of alkyl carbamates (subject to hydrolysis) is 1. The van der Waals surface area contributed by atoms with Crippen LogP contribution in [-0.2, 0) is 19.1 Å². The smallest absolute Gasteiger partial charge is 0.407 e. The van der Waals surface area contributed by atoms with Crippen molar-refractivity contribution in [1.29, 1.82) is 0 Å². The van der Waals surface area contributed by atoms with Crippen LogP contribution in [0.15, 0.2) is 48.5 Å². The molecule has 32 heavy (non-hydrogen) atoms. The zero-order valence-electron chi connectivity index (χ0n) is 17.8. The van der Waals surface area contributed by atoms with E-state index in [9.17, 15) is 19.5 Å². The summed E-state index contributed by atoms with van der Waals surface area (Å²) in [5, 5.41) is 11.8. The average molecular weight is 438 g/mol. The Hall–Kier alpha value is -3.39. The second kappa shape index (κ2) is 9.40. The summed E-state index contributed by atoms with van der Waals surface area (Å²) in [7, 11) is 0. The zero-order valence-corrected chi connectivity index (χ0v) is 17.8. The third kappa shape index (κ3) is 4.45. The maximum Gasteiger partial charge on any atom is 0.407 e. The Bertz CT molecular complexity index is 978. The second-order valence-corrected chi connectivity index (χ2v) is 8.09. The van der Waals surface area contributed by atoms with Crippen molar-refractivity contribution in [3.8, 4) is 11.1 Å². The summed E-state index contributed by atoms with van der Waals surface area (Å²) in [5.74, 6) is -2.24. The van der Waals surface area contributed by atoms with Gasteiger partial charge in [-0.25, -0.2) is 4.79 Å². The van der Waals surface area contributed by atoms with Crippen LogP contribution in [-0.4, -0.2) is 66.9 Å². The van der Waals surface area contributed by atoms with Crippen LogP contribution in [0.2, 0.25) is 0 Å². The van der Waals surface area contributed by atoms with Crippen LogP contribution < -0.4 is 5.32 Å². The van der Waals surface area contributed by atoms with E-state index in [2.05, 4.69) is 17.4 Å². The highest BCUT2D eigenvalue weighted by atomic mass is 16.5. The SMILES string of the molecule is C[C@@H](NC(=O)OCC1c2ccccc2-c2ccccc21)C(=O)N1CCOCC(C(=O)O)C1. The molecule has 1 fully saturated rings. The van der Waals surface area contributed by atoms with Gasteiger partial charge >= 0.3 is 12.1 Å². The van der Waals surface area contributed by atoms with Gasteiger partial charge in [0.15, 0.2) is 0 Å². The van der Waals surface area contributed by atoms with Gasteiger partial charge in [0.05, 0.1) is 19.1 Å². The van der Waals surface area contributed by atoms with Crippen LogP contribution in [0.4, 0.5) is 4.79 Å². The van der Waals surface area contributed by atoms with Crippen molar-refractivity contribution in [3.05, 3.63) is 59.7 Å². The molecule has 1 heterocycles. The van der Waals surface area contributed by atoms with Gasteiger partial charge in [0.2, 0.25) is 5.91 Å². The second-order valence-electron chi connectivity index (χ2n) is 8.09. The standard InChI is InChI=1S/C24H26N2O6/c1-15(22(27)26-10-11-31-13-16(12-26)23(28)29)25-24(30)32-14-21-19-8-4-2-6-17(19)18-7-3-5-9-20(18)21/h2-9,15-16,21H,10-14H2,1H3,(H,25,30)(H,28,29)/t15-,16?/m1/s1. The molecule has 4 rings (SSSR count). The predicted molar refractivity (Wildman–Crippen MR) is 116 cm³/mol. The lowest BCUT2D eigenvalue weighted by molar-refractivity contribution is -0.144. The van der Waals surface area contributed by atoms with Gasteiger partial charge in [-0.05, 0) is 29.2 Å². The molecule has 0 spiro atoms. The molecule has 1 aliphatic carbocycles. The number of ether oxygens (including phenoxy) is 2. The van der Waals surface area contributed by atoms with Crippen LogP contribution in [0, 0.1) is 5.92 Å². The van der Waals surface area contributed by atoms with Crippen LogP contribution in [0.5, 0.6) is 0 Å². The van der Waals surface area contributed by atoms with E-state index >= 15 is 0 Å². The number of nitrogens with one attached hydrogen (secondary N) is 1. The molecule has 0 aromatic heterocycles. The van der Waals surface area contributed by atoms with E-state index in [1.54, 1.807) is 6.92 Å². The highest BCUT2D eigenvalue weighted by Gasteiger charge is 2.31. The molecule has 8 heteroatoms. The van der Waals surface area contributed by atoms with Crippen LogP contribution in [0.3, 0.4) is 0 Å². The minimum atomic E-state index is -1.01. The molecule has 0 radical (unpaired) electrons. The maximum atomic E-state index is 12.7. The van der Waals surface area contributed by atoms with Crippen molar-refractivity contribution in [3.63, 3.8) is 0 Å². The fourth-order valence-electron chi connectivity index (χ4n) is 4.31. The highest BCUT2D eigenvalue weighted by Crippen LogP contribution is 2.44. The molecular formula is C24H26N2O6. The van der Waals surface area contributed by atoms with Crippen molar-refractivity contribution in [1.82, 2.24) is 10.2 Å². The molecule has 168 valence electrons. The third-order valence-corrected chi connectivity index (χ3v) is 5.97. The predicted octanol–water partition coefficient (Wildman–Crippen LogP) is 2.47. The molecule has 0 bridgehead atoms. The molecule has 2 aromatic rings. The summed E-state index contributed by atoms with van der Waals surface area (Å²) < 4.78 is 10.8. The van der Waals surface area contributed by atoms with Gasteiger partial charge in [0.1, 0.15) is 12.6 Å². The molecule has 2 N–H and O–H groups in total. The molecule has 8 nitrogen and oxygen atoms in total. The number of carbonyl (C=O) groups is 3. The number of benzene rings is 2. The Morgan fingerprint density at radius 3 is 2.38 bits per heavy atom. The molecule has 2 aromatic carbocycles. The normalized spacial score (nSPS) is 18.8. The number of amides is 2. The molecule has 2 aliphatic rings. The van der Waals surface area contributed by atoms with Gasteiger partial charge in [-0.15, -0.1) is 0 Å². The van der Waals surface area contributed by atoms with E-state index in [0.29, 0.717) is 0 Å². The van der Waals surface area contributed by atoms with Crippen LogP contribution >= 0.6 is 0 Å². The first-order valence-electron chi connectivity index (χ1n) is 10.7. The monoisotopic (exact) mass is 438 g/mol. The van der Waals surface area contributed by atoms with Gasteiger partial charge in [0, 0.05) is 19.0 Å². The third-order valence-electron chi connectivity index (χ3n) is 5.97. The summed E-state index contributed by atoms with van der Waals surface area (Å²) in [6.07, 6.45) is -0.687. The lowest BCUT2D eigenvalue weighted by atomic mass is 9.98. The minimum Gasteiger partial charge on any atom is -0.481 e. The van der Waals surface area contributed by atoms with E-state index in [0.717, 1.165) is 22.3 Å². The highest BCUT2D eigenvalue weighted by molar-refractivity contribution is 5.86. The molecule has 1 unspecified atom stereocenters. The number of fused-ring (bicyclic) bond motifs is 3. The Kier molecular flexibility index (Phi) is 6.41. The summed E-state index contributed by atoms with van der Waals surface area (Å²) >= 11 is 0. The molecular weight excluding hydrogens is 412 g/mol. The van der Waals surface area contributed by atoms with E-state index in [1.807, 2.05) is 36.4 Å².